The van der Waals surface area contributed by atoms with Crippen LogP contribution in [0.3, 0.4) is 0 Å². The molecule has 50 heavy (non-hydrogen) atoms. The molecule has 1 aliphatic carbocycles. The number of benzene rings is 7. The monoisotopic (exact) mass is 638 g/mol. The number of rotatable bonds is 5. The number of nitrogens with zero attached hydrogens (tertiary/aromatic N) is 2. The van der Waals surface area contributed by atoms with E-state index in [2.05, 4.69) is 191 Å². The van der Waals surface area contributed by atoms with Gasteiger partial charge in [0.2, 0.25) is 0 Å². The molecule has 0 unspecified atom stereocenters. The second kappa shape index (κ2) is 11.6. The van der Waals surface area contributed by atoms with Gasteiger partial charge in [-0.05, 0) is 95.3 Å². The van der Waals surface area contributed by atoms with Gasteiger partial charge in [-0.3, -0.25) is 0 Å². The Morgan fingerprint density at radius 2 is 1.02 bits per heavy atom. The molecule has 0 amide bonds. The average Bonchev–Trinajstić information content (AvgIpc) is 3.71. The molecule has 0 radical (unpaired) electrons. The fourth-order valence-corrected chi connectivity index (χ4v) is 8.00. The van der Waals surface area contributed by atoms with Crippen molar-refractivity contribution in [1.29, 1.82) is 0 Å². The smallest absolute Gasteiger partial charge is 0.0619 e. The van der Waals surface area contributed by atoms with Crippen molar-refractivity contribution in [3.63, 3.8) is 0 Å². The van der Waals surface area contributed by atoms with Gasteiger partial charge in [-0.25, -0.2) is 0 Å². The van der Waals surface area contributed by atoms with Crippen LogP contribution < -0.4 is 0 Å². The van der Waals surface area contributed by atoms with E-state index in [9.17, 15) is 0 Å². The molecule has 2 nitrogen and oxygen atoms in total. The molecule has 7 aromatic carbocycles. The standard InChI is InChI=1S/C48H34N2/c1-5-15-33(16-6-1)37-30-42(34-17-7-2-8-18-34)48-44(31-37)43-29-35(26-28-46(43)50(48)39-21-11-4-12-22-39)36-25-27-41-40-23-13-14-24-45(40)49(47(41)32-36)38-19-9-3-10-20-38/h1-3,5-11,13-32H,4,12H2. The summed E-state index contributed by atoms with van der Waals surface area (Å²) in [5.41, 5.74) is 14.7. The Labute approximate surface area is 291 Å². The van der Waals surface area contributed by atoms with Gasteiger partial charge in [0.1, 0.15) is 0 Å². The lowest BCUT2D eigenvalue weighted by atomic mass is 9.95. The Hall–Kier alpha value is -6.38. The van der Waals surface area contributed by atoms with Crippen LogP contribution in [0.4, 0.5) is 0 Å². The van der Waals surface area contributed by atoms with Crippen molar-refractivity contribution in [2.75, 3.05) is 0 Å². The van der Waals surface area contributed by atoms with Crippen LogP contribution in [0.5, 0.6) is 0 Å². The van der Waals surface area contributed by atoms with E-state index in [0.29, 0.717) is 0 Å². The number of fused-ring (bicyclic) bond motifs is 6. The van der Waals surface area contributed by atoms with Crippen LogP contribution in [0, 0.1) is 0 Å². The van der Waals surface area contributed by atoms with Crippen LogP contribution in [0.15, 0.2) is 182 Å². The highest BCUT2D eigenvalue weighted by molar-refractivity contribution is 6.17. The molecule has 9 aromatic rings. The van der Waals surface area contributed by atoms with E-state index >= 15 is 0 Å². The van der Waals surface area contributed by atoms with E-state index in [4.69, 9.17) is 0 Å². The third kappa shape index (κ3) is 4.57. The van der Waals surface area contributed by atoms with Gasteiger partial charge in [-0.2, -0.15) is 0 Å². The quantitative estimate of drug-likeness (QED) is 0.178. The first-order valence-electron chi connectivity index (χ1n) is 17.5. The first-order valence-corrected chi connectivity index (χ1v) is 17.5. The molecule has 2 heterocycles. The summed E-state index contributed by atoms with van der Waals surface area (Å²) in [6.07, 6.45) is 9.12. The third-order valence-corrected chi connectivity index (χ3v) is 10.3. The SMILES string of the molecule is C1=CC(n2c3ccc(-c4ccc5c6ccccc6n(-c6ccccc6)c5c4)cc3c3cc(-c4ccccc4)cc(-c4ccccc4)c32)=CCC1. The van der Waals surface area contributed by atoms with Gasteiger partial charge >= 0.3 is 0 Å². The number of para-hydroxylation sites is 2. The zero-order valence-corrected chi connectivity index (χ0v) is 27.6. The van der Waals surface area contributed by atoms with Gasteiger partial charge < -0.3 is 9.13 Å². The summed E-state index contributed by atoms with van der Waals surface area (Å²) in [7, 11) is 0. The maximum atomic E-state index is 2.50. The van der Waals surface area contributed by atoms with Crippen LogP contribution in [-0.2, 0) is 0 Å². The van der Waals surface area contributed by atoms with E-state index in [0.717, 1.165) is 12.8 Å². The topological polar surface area (TPSA) is 9.86 Å². The number of aromatic nitrogens is 2. The normalized spacial score (nSPS) is 13.1. The summed E-state index contributed by atoms with van der Waals surface area (Å²) >= 11 is 0. The van der Waals surface area contributed by atoms with Crippen molar-refractivity contribution in [2.45, 2.75) is 12.8 Å². The summed E-state index contributed by atoms with van der Waals surface area (Å²) in [6, 6.07) is 59.9. The van der Waals surface area contributed by atoms with Crippen molar-refractivity contribution in [3.8, 4) is 39.1 Å². The van der Waals surface area contributed by atoms with Gasteiger partial charge in [0.15, 0.2) is 0 Å². The predicted molar refractivity (Wildman–Crippen MR) is 213 cm³/mol. The minimum absolute atomic E-state index is 1.04. The zero-order chi connectivity index (χ0) is 33.0. The first-order chi connectivity index (χ1) is 24.8. The summed E-state index contributed by atoms with van der Waals surface area (Å²) in [5, 5.41) is 5.06. The molecule has 0 aliphatic heterocycles. The van der Waals surface area contributed by atoms with Gasteiger partial charge in [-0.1, -0.05) is 127 Å². The molecule has 0 atom stereocenters. The van der Waals surface area contributed by atoms with Crippen LogP contribution in [-0.4, -0.2) is 9.13 Å². The number of allylic oxidation sites excluding steroid dienone is 4. The van der Waals surface area contributed by atoms with Crippen LogP contribution >= 0.6 is 0 Å². The second-order valence-electron chi connectivity index (χ2n) is 13.2. The van der Waals surface area contributed by atoms with Gasteiger partial charge in [-0.15, -0.1) is 0 Å². The highest BCUT2D eigenvalue weighted by Crippen LogP contribution is 2.43. The highest BCUT2D eigenvalue weighted by atomic mass is 15.0. The third-order valence-electron chi connectivity index (χ3n) is 10.3. The molecule has 0 N–H and O–H groups in total. The zero-order valence-electron chi connectivity index (χ0n) is 27.6. The van der Waals surface area contributed by atoms with E-state index in [1.165, 1.54) is 88.4 Å². The molecular formula is C48H34N2. The lowest BCUT2D eigenvalue weighted by molar-refractivity contribution is 1.02. The Balaban J connectivity index is 1.26. The van der Waals surface area contributed by atoms with E-state index in [1.807, 2.05) is 0 Å². The Morgan fingerprint density at radius 3 is 1.80 bits per heavy atom. The average molecular weight is 639 g/mol. The Bertz CT molecular complexity index is 2780. The highest BCUT2D eigenvalue weighted by Gasteiger charge is 2.20. The summed E-state index contributed by atoms with van der Waals surface area (Å²) in [4.78, 5) is 0. The van der Waals surface area contributed by atoms with Crippen molar-refractivity contribution >= 4 is 49.3 Å². The largest absolute Gasteiger partial charge is 0.309 e. The van der Waals surface area contributed by atoms with Crippen LogP contribution in [0.25, 0.3) is 88.4 Å². The minimum atomic E-state index is 1.04. The van der Waals surface area contributed by atoms with Crippen molar-refractivity contribution in [3.05, 3.63) is 182 Å². The van der Waals surface area contributed by atoms with E-state index < -0.39 is 0 Å². The van der Waals surface area contributed by atoms with Crippen molar-refractivity contribution in [1.82, 2.24) is 9.13 Å². The number of hydrogen-bond acceptors (Lipinski definition) is 0. The van der Waals surface area contributed by atoms with Crippen LogP contribution in [0.2, 0.25) is 0 Å². The molecule has 1 aliphatic rings. The molecule has 2 aromatic heterocycles. The molecule has 2 heteroatoms. The molecule has 0 spiro atoms. The molecule has 0 saturated carbocycles. The first kappa shape index (κ1) is 28.6. The van der Waals surface area contributed by atoms with Crippen LogP contribution in [0.1, 0.15) is 12.8 Å². The van der Waals surface area contributed by atoms with E-state index in [-0.39, 0.29) is 0 Å². The minimum Gasteiger partial charge on any atom is -0.309 e. The lowest BCUT2D eigenvalue weighted by Crippen LogP contribution is -1.98. The lowest BCUT2D eigenvalue weighted by Gasteiger charge is -2.16. The summed E-state index contributed by atoms with van der Waals surface area (Å²) in [6.45, 7) is 0. The predicted octanol–water partition coefficient (Wildman–Crippen LogP) is 13.1. The maximum Gasteiger partial charge on any atom is 0.0619 e. The molecule has 0 bridgehead atoms. The Morgan fingerprint density at radius 1 is 0.380 bits per heavy atom. The van der Waals surface area contributed by atoms with Crippen molar-refractivity contribution in [2.24, 2.45) is 0 Å². The molecule has 10 rings (SSSR count). The van der Waals surface area contributed by atoms with Gasteiger partial charge in [0, 0.05) is 38.5 Å². The summed E-state index contributed by atoms with van der Waals surface area (Å²) < 4.78 is 4.90. The Kier molecular flexibility index (Phi) is 6.67. The summed E-state index contributed by atoms with van der Waals surface area (Å²) in [5.74, 6) is 0. The molecular weight excluding hydrogens is 605 g/mol. The van der Waals surface area contributed by atoms with Crippen molar-refractivity contribution < 1.29 is 0 Å². The van der Waals surface area contributed by atoms with E-state index in [1.54, 1.807) is 0 Å². The molecule has 236 valence electrons. The second-order valence-corrected chi connectivity index (χ2v) is 13.2. The fourth-order valence-electron chi connectivity index (χ4n) is 8.00. The number of hydrogen-bond donors (Lipinski definition) is 0. The fraction of sp³-hybridized carbons (Fsp3) is 0.0417. The van der Waals surface area contributed by atoms with Gasteiger partial charge in [0.25, 0.3) is 0 Å². The maximum absolute atomic E-state index is 2.50. The van der Waals surface area contributed by atoms with Gasteiger partial charge in [0.05, 0.1) is 22.1 Å². The molecule has 0 fully saturated rings. The molecule has 0 saturated heterocycles.